The number of nitrogens with one attached hydrogen (secondary N) is 1. The van der Waals surface area contributed by atoms with Gasteiger partial charge in [0, 0.05) is 41.9 Å². The number of aromatic nitrogens is 1. The first-order valence-electron chi connectivity index (χ1n) is 7.52. The van der Waals surface area contributed by atoms with Crippen molar-refractivity contribution < 1.29 is 18.3 Å². The van der Waals surface area contributed by atoms with E-state index >= 15 is 0 Å². The molecule has 1 aliphatic heterocycles. The maximum absolute atomic E-state index is 13.2. The molecule has 1 unspecified atom stereocenters. The van der Waals surface area contributed by atoms with E-state index in [1.807, 2.05) is 4.90 Å². The highest BCUT2D eigenvalue weighted by Crippen LogP contribution is 2.36. The van der Waals surface area contributed by atoms with Crippen molar-refractivity contribution in [3.05, 3.63) is 40.2 Å². The number of halogens is 3. The lowest BCUT2D eigenvalue weighted by molar-refractivity contribution is -0.136. The summed E-state index contributed by atoms with van der Waals surface area (Å²) >= 11 is 0. The van der Waals surface area contributed by atoms with Gasteiger partial charge in [0.05, 0.1) is 5.56 Å². The van der Waals surface area contributed by atoms with Crippen molar-refractivity contribution in [2.45, 2.75) is 31.5 Å². The lowest BCUT2D eigenvalue weighted by atomic mass is 10.1. The molecule has 1 saturated heterocycles. The van der Waals surface area contributed by atoms with Crippen LogP contribution in [0.5, 0.6) is 0 Å². The van der Waals surface area contributed by atoms with Crippen molar-refractivity contribution in [3.63, 3.8) is 0 Å². The Bertz CT molecular complexity index is 770. The number of H-pyrrole nitrogens is 1. The van der Waals surface area contributed by atoms with Crippen LogP contribution in [0.15, 0.2) is 29.1 Å². The standard InChI is InChI=1S/C16H17F3N2O2/c17-16(18,19)13-9-15(23)20-14-4-3-11(8-12(13)14)21-6-1-2-10(21)5-7-22/h3-4,8-10,22H,1-2,5-7H2,(H,20,23). The van der Waals surface area contributed by atoms with Crippen LogP contribution < -0.4 is 10.5 Å². The van der Waals surface area contributed by atoms with Crippen LogP contribution in [0.1, 0.15) is 24.8 Å². The van der Waals surface area contributed by atoms with E-state index in [4.69, 9.17) is 5.11 Å². The second-order valence-electron chi connectivity index (χ2n) is 5.78. The third-order valence-corrected chi connectivity index (χ3v) is 4.30. The number of benzene rings is 1. The van der Waals surface area contributed by atoms with E-state index in [0.717, 1.165) is 19.4 Å². The van der Waals surface area contributed by atoms with Gasteiger partial charge in [-0.1, -0.05) is 0 Å². The highest BCUT2D eigenvalue weighted by molar-refractivity contribution is 5.86. The number of rotatable bonds is 3. The Morgan fingerprint density at radius 3 is 2.78 bits per heavy atom. The fraction of sp³-hybridized carbons (Fsp3) is 0.438. The normalized spacial score (nSPS) is 18.8. The summed E-state index contributed by atoms with van der Waals surface area (Å²) in [6.45, 7) is 0.802. The summed E-state index contributed by atoms with van der Waals surface area (Å²) in [6.07, 6.45) is -2.13. The molecule has 3 rings (SSSR count). The molecule has 0 bridgehead atoms. The van der Waals surface area contributed by atoms with Gasteiger partial charge in [-0.05, 0) is 37.5 Å². The molecular formula is C16H17F3N2O2. The first-order valence-corrected chi connectivity index (χ1v) is 7.52. The zero-order chi connectivity index (χ0) is 16.6. The summed E-state index contributed by atoms with van der Waals surface area (Å²) in [5.41, 5.74) is -0.828. The van der Waals surface area contributed by atoms with Crippen molar-refractivity contribution in [1.82, 2.24) is 4.98 Å². The van der Waals surface area contributed by atoms with E-state index < -0.39 is 17.3 Å². The Balaban J connectivity index is 2.11. The fourth-order valence-electron chi connectivity index (χ4n) is 3.28. The van der Waals surface area contributed by atoms with Gasteiger partial charge in [-0.2, -0.15) is 13.2 Å². The lowest BCUT2D eigenvalue weighted by Gasteiger charge is -2.27. The molecule has 1 aromatic heterocycles. The van der Waals surface area contributed by atoms with E-state index in [9.17, 15) is 18.0 Å². The van der Waals surface area contributed by atoms with Gasteiger partial charge in [0.15, 0.2) is 0 Å². The summed E-state index contributed by atoms with van der Waals surface area (Å²) in [5.74, 6) is 0. The average Bonchev–Trinajstić information content (AvgIpc) is 2.93. The predicted octanol–water partition coefficient (Wildman–Crippen LogP) is 2.90. The molecule has 0 radical (unpaired) electrons. The van der Waals surface area contributed by atoms with Crippen LogP contribution in [-0.2, 0) is 6.18 Å². The summed E-state index contributed by atoms with van der Waals surface area (Å²) in [7, 11) is 0. The number of hydrogen-bond acceptors (Lipinski definition) is 3. The second-order valence-corrected chi connectivity index (χ2v) is 5.78. The Morgan fingerprint density at radius 2 is 2.09 bits per heavy atom. The van der Waals surface area contributed by atoms with Gasteiger partial charge in [0.1, 0.15) is 0 Å². The van der Waals surface area contributed by atoms with Gasteiger partial charge >= 0.3 is 6.18 Å². The summed E-state index contributed by atoms with van der Waals surface area (Å²) in [6, 6.07) is 5.43. The lowest BCUT2D eigenvalue weighted by Crippen LogP contribution is -2.30. The Labute approximate surface area is 130 Å². The second kappa shape index (κ2) is 5.88. The zero-order valence-electron chi connectivity index (χ0n) is 12.4. The molecule has 4 nitrogen and oxygen atoms in total. The number of aliphatic hydroxyl groups excluding tert-OH is 1. The molecule has 2 aromatic rings. The first kappa shape index (κ1) is 15.9. The molecule has 2 N–H and O–H groups in total. The van der Waals surface area contributed by atoms with Crippen LogP contribution in [0.4, 0.5) is 18.9 Å². The topological polar surface area (TPSA) is 56.3 Å². The molecule has 2 heterocycles. The minimum Gasteiger partial charge on any atom is -0.396 e. The zero-order valence-corrected chi connectivity index (χ0v) is 12.4. The van der Waals surface area contributed by atoms with Gasteiger partial charge < -0.3 is 15.0 Å². The van der Waals surface area contributed by atoms with Crippen LogP contribution in [0.3, 0.4) is 0 Å². The van der Waals surface area contributed by atoms with E-state index in [2.05, 4.69) is 4.98 Å². The summed E-state index contributed by atoms with van der Waals surface area (Å²) in [5, 5.41) is 9.12. The number of anilines is 1. The number of pyridine rings is 1. The maximum atomic E-state index is 13.2. The van der Waals surface area contributed by atoms with Crippen LogP contribution in [0, 0.1) is 0 Å². The van der Waals surface area contributed by atoms with Crippen LogP contribution >= 0.6 is 0 Å². The van der Waals surface area contributed by atoms with Gasteiger partial charge in [-0.25, -0.2) is 0 Å². The molecular weight excluding hydrogens is 309 g/mol. The molecule has 0 spiro atoms. The Morgan fingerprint density at radius 1 is 1.30 bits per heavy atom. The van der Waals surface area contributed by atoms with E-state index in [0.29, 0.717) is 18.2 Å². The summed E-state index contributed by atoms with van der Waals surface area (Å²) in [4.78, 5) is 15.9. The number of aromatic amines is 1. The van der Waals surface area contributed by atoms with Crippen molar-refractivity contribution in [3.8, 4) is 0 Å². The smallest absolute Gasteiger partial charge is 0.396 e. The third kappa shape index (κ3) is 3.06. The first-order chi connectivity index (χ1) is 10.9. The number of aliphatic hydroxyl groups is 1. The van der Waals surface area contributed by atoms with Gasteiger partial charge in [-0.3, -0.25) is 4.79 Å². The third-order valence-electron chi connectivity index (χ3n) is 4.30. The monoisotopic (exact) mass is 326 g/mol. The predicted molar refractivity (Wildman–Crippen MR) is 81.6 cm³/mol. The van der Waals surface area contributed by atoms with E-state index in [-0.39, 0.29) is 23.6 Å². The Hall–Kier alpha value is -2.02. The van der Waals surface area contributed by atoms with E-state index in [1.165, 1.54) is 12.1 Å². The van der Waals surface area contributed by atoms with Crippen molar-refractivity contribution >= 4 is 16.6 Å². The number of alkyl halides is 3. The van der Waals surface area contributed by atoms with Crippen LogP contribution in [0.2, 0.25) is 0 Å². The molecule has 1 aromatic carbocycles. The van der Waals surface area contributed by atoms with E-state index in [1.54, 1.807) is 6.07 Å². The summed E-state index contributed by atoms with van der Waals surface area (Å²) < 4.78 is 39.6. The molecule has 0 saturated carbocycles. The molecule has 124 valence electrons. The number of nitrogens with zero attached hydrogens (tertiary/aromatic N) is 1. The van der Waals surface area contributed by atoms with Crippen molar-refractivity contribution in [1.29, 1.82) is 0 Å². The molecule has 0 amide bonds. The van der Waals surface area contributed by atoms with Crippen LogP contribution in [-0.4, -0.2) is 29.3 Å². The number of hydrogen-bond donors (Lipinski definition) is 2. The Kier molecular flexibility index (Phi) is 4.06. The van der Waals surface area contributed by atoms with Gasteiger partial charge in [0.25, 0.3) is 0 Å². The molecule has 7 heteroatoms. The minimum absolute atomic E-state index is 0.00996. The fourth-order valence-corrected chi connectivity index (χ4v) is 3.28. The highest BCUT2D eigenvalue weighted by Gasteiger charge is 2.34. The van der Waals surface area contributed by atoms with Crippen LogP contribution in [0.25, 0.3) is 10.9 Å². The molecule has 1 atom stereocenters. The molecule has 23 heavy (non-hydrogen) atoms. The highest BCUT2D eigenvalue weighted by atomic mass is 19.4. The molecule has 0 aliphatic carbocycles. The van der Waals surface area contributed by atoms with Crippen molar-refractivity contribution in [2.24, 2.45) is 0 Å². The SMILES string of the molecule is O=c1cc(C(F)(F)F)c2cc(N3CCCC3CCO)ccc2[nH]1. The van der Waals surface area contributed by atoms with Crippen molar-refractivity contribution in [2.75, 3.05) is 18.1 Å². The molecule has 1 aliphatic rings. The minimum atomic E-state index is -4.58. The van der Waals surface area contributed by atoms with Gasteiger partial charge in [0.2, 0.25) is 5.56 Å². The largest absolute Gasteiger partial charge is 0.417 e. The quantitative estimate of drug-likeness (QED) is 0.912. The van der Waals surface area contributed by atoms with Gasteiger partial charge in [-0.15, -0.1) is 0 Å². The average molecular weight is 326 g/mol. The molecule has 1 fully saturated rings. The maximum Gasteiger partial charge on any atom is 0.417 e. The number of fused-ring (bicyclic) bond motifs is 1.